The van der Waals surface area contributed by atoms with Gasteiger partial charge in [0.25, 0.3) is 0 Å². The van der Waals surface area contributed by atoms with Crippen molar-refractivity contribution in [1.82, 2.24) is 40.1 Å². The third-order valence-corrected chi connectivity index (χ3v) is 6.86. The minimum Gasteiger partial charge on any atom is -0.476 e. The van der Waals surface area contributed by atoms with Crippen LogP contribution in [0.4, 0.5) is 8.78 Å². The first kappa shape index (κ1) is 22.7. The summed E-state index contributed by atoms with van der Waals surface area (Å²) in [5.74, 6) is -3.52. The van der Waals surface area contributed by atoms with Crippen molar-refractivity contribution in [3.63, 3.8) is 0 Å². The average Bonchev–Trinajstić information content (AvgIpc) is 3.65. The van der Waals surface area contributed by atoms with Gasteiger partial charge in [0.2, 0.25) is 5.91 Å². The zero-order valence-electron chi connectivity index (χ0n) is 20.3. The fraction of sp³-hybridized carbons (Fsp3) is 0.208. The van der Waals surface area contributed by atoms with E-state index in [1.54, 1.807) is 0 Å². The number of tetrazole rings is 1. The van der Waals surface area contributed by atoms with Gasteiger partial charge >= 0.3 is 5.97 Å². The number of amides is 1. The first-order chi connectivity index (χ1) is 18.7. The highest BCUT2D eigenvalue weighted by molar-refractivity contribution is 6.31. The van der Waals surface area contributed by atoms with Gasteiger partial charge in [-0.25, -0.2) is 23.5 Å². The maximum Gasteiger partial charge on any atom is 0.357 e. The van der Waals surface area contributed by atoms with Crippen LogP contribution in [0.15, 0.2) is 43.0 Å². The highest BCUT2D eigenvalue weighted by Gasteiger charge is 2.42. The van der Waals surface area contributed by atoms with Gasteiger partial charge in [-0.05, 0) is 53.5 Å². The van der Waals surface area contributed by atoms with Gasteiger partial charge in [-0.1, -0.05) is 11.6 Å². The molecule has 0 spiro atoms. The lowest BCUT2D eigenvalue weighted by Gasteiger charge is -2.33. The van der Waals surface area contributed by atoms with Crippen molar-refractivity contribution in [3.8, 4) is 16.9 Å². The van der Waals surface area contributed by atoms with E-state index in [2.05, 4.69) is 30.5 Å². The number of carboxylic acid groups (broad SMARTS) is 1. The molecule has 4 aromatic rings. The zero-order valence-corrected chi connectivity index (χ0v) is 20.0. The summed E-state index contributed by atoms with van der Waals surface area (Å²) in [5, 5.41) is 20.0. The molecule has 2 atom stereocenters. The van der Waals surface area contributed by atoms with E-state index in [0.717, 1.165) is 0 Å². The van der Waals surface area contributed by atoms with Gasteiger partial charge < -0.3 is 15.0 Å². The molecule has 2 N–H and O–H groups in total. The lowest BCUT2D eigenvalue weighted by Crippen LogP contribution is -2.39. The smallest absolute Gasteiger partial charge is 0.357 e. The van der Waals surface area contributed by atoms with Crippen molar-refractivity contribution in [2.75, 3.05) is 0 Å². The predicted octanol–water partition coefficient (Wildman–Crippen LogP) is 3.60. The number of imidazole rings is 1. The molecule has 5 heterocycles. The van der Waals surface area contributed by atoms with Gasteiger partial charge in [-0.3, -0.25) is 4.79 Å². The van der Waals surface area contributed by atoms with Crippen LogP contribution in [0.5, 0.6) is 0 Å². The van der Waals surface area contributed by atoms with Gasteiger partial charge in [-0.15, -0.1) is 5.10 Å². The highest BCUT2D eigenvalue weighted by Crippen LogP contribution is 2.44. The molecule has 2 aliphatic heterocycles. The van der Waals surface area contributed by atoms with Crippen LogP contribution in [-0.4, -0.2) is 63.1 Å². The second-order valence-corrected chi connectivity index (χ2v) is 9.10. The van der Waals surface area contributed by atoms with Crippen LogP contribution < -0.4 is 0 Å². The number of carbonyl (C=O) groups excluding carboxylic acids is 1. The van der Waals surface area contributed by atoms with E-state index in [1.807, 2.05) is 0 Å². The molecule has 38 heavy (non-hydrogen) atoms. The number of carboxylic acids is 1. The molecule has 1 saturated heterocycles. The summed E-state index contributed by atoms with van der Waals surface area (Å²) in [6.45, 7) is 0. The molecule has 3 aromatic heterocycles. The number of aromatic nitrogens is 7. The summed E-state index contributed by atoms with van der Waals surface area (Å²) in [6, 6.07) is 2.13. The maximum absolute atomic E-state index is 15.3. The van der Waals surface area contributed by atoms with Gasteiger partial charge in [0.05, 0.1) is 30.0 Å². The average molecular weight is 540 g/mol. The fourth-order valence-corrected chi connectivity index (χ4v) is 5.07. The molecule has 0 radical (unpaired) electrons. The van der Waals surface area contributed by atoms with Crippen molar-refractivity contribution in [2.24, 2.45) is 0 Å². The van der Waals surface area contributed by atoms with E-state index in [-0.39, 0.29) is 45.9 Å². The molecule has 0 bridgehead atoms. The van der Waals surface area contributed by atoms with Crippen molar-refractivity contribution in [1.29, 1.82) is 0 Å². The quantitative estimate of drug-likeness (QED) is 0.391. The van der Waals surface area contributed by atoms with Crippen LogP contribution in [0, 0.1) is 11.6 Å². The molecule has 0 unspecified atom stereocenters. The number of nitrogens with one attached hydrogen (secondary N) is 1. The van der Waals surface area contributed by atoms with Crippen LogP contribution in [0.2, 0.25) is 5.02 Å². The Labute approximate surface area is 219 Å². The number of aromatic carboxylic acids is 1. The minimum absolute atomic E-state index is 0.00382. The third kappa shape index (κ3) is 3.82. The molecule has 0 aliphatic carbocycles. The molecule has 14 heteroatoms. The van der Waals surface area contributed by atoms with Crippen LogP contribution in [0.1, 0.15) is 48.6 Å². The summed E-state index contributed by atoms with van der Waals surface area (Å²) in [4.78, 5) is 36.9. The number of pyridine rings is 1. The first-order valence-electron chi connectivity index (χ1n) is 11.9. The monoisotopic (exact) mass is 539 g/mol. The summed E-state index contributed by atoms with van der Waals surface area (Å²) < 4.78 is 40.5. The van der Waals surface area contributed by atoms with Crippen LogP contribution in [-0.2, 0) is 4.79 Å². The number of H-pyrrole nitrogens is 1. The molecule has 0 saturated carbocycles. The lowest BCUT2D eigenvalue weighted by atomic mass is 9.92. The Morgan fingerprint density at radius 1 is 1.21 bits per heavy atom. The molecule has 1 amide bonds. The summed E-state index contributed by atoms with van der Waals surface area (Å²) >= 11 is 6.06. The number of nitrogens with zero attached hydrogens (tertiary/aromatic N) is 7. The van der Waals surface area contributed by atoms with Gasteiger partial charge in [0, 0.05) is 29.4 Å². The molecule has 2 aliphatic rings. The van der Waals surface area contributed by atoms with Gasteiger partial charge in [0.15, 0.2) is 17.3 Å². The van der Waals surface area contributed by atoms with Crippen LogP contribution in [0.25, 0.3) is 22.5 Å². The largest absolute Gasteiger partial charge is 0.476 e. The second kappa shape index (κ2) is 9.10. The number of aromatic amines is 1. The summed E-state index contributed by atoms with van der Waals surface area (Å²) in [5.41, 5.74) is -0.00742. The van der Waals surface area contributed by atoms with Crippen molar-refractivity contribution in [3.05, 3.63) is 76.7 Å². The Bertz CT molecular complexity index is 1680. The molecular weight excluding hydrogens is 522 g/mol. The van der Waals surface area contributed by atoms with Crippen molar-refractivity contribution in [2.45, 2.75) is 31.3 Å². The third-order valence-electron chi connectivity index (χ3n) is 6.57. The van der Waals surface area contributed by atoms with E-state index < -0.39 is 41.3 Å². The van der Waals surface area contributed by atoms with Gasteiger partial charge in [-0.2, -0.15) is 4.68 Å². The SMILES string of the molecule is [2H][C@@]12CC[C@@H](c3ncc(-c4ccnc(C(=O)O)c4F)[nH]3)N1C(=O)C=C(c1c(-n3cnnn3)ccc(Cl)c1F)C2. The molecule has 11 nitrogen and oxygen atoms in total. The zero-order chi connectivity index (χ0) is 27.5. The second-order valence-electron chi connectivity index (χ2n) is 8.69. The maximum atomic E-state index is 15.3. The first-order valence-corrected chi connectivity index (χ1v) is 11.7. The standard InChI is InChI=1S/C24H17ClF2N8O3/c25-14-2-4-16(34-10-30-32-33-34)19(21(14)27)11-7-12-1-3-17(35(12)18(36)8-11)23-29-9-15(31-23)13-5-6-28-22(20(13)26)24(37)38/h2,4-6,8-10,12,17H,1,3,7H2,(H,29,31)(H,37,38)/t12-,17-/m0/s1/i12D. The highest BCUT2D eigenvalue weighted by atomic mass is 35.5. The Morgan fingerprint density at radius 3 is 2.82 bits per heavy atom. The van der Waals surface area contributed by atoms with Crippen molar-refractivity contribution < 1.29 is 24.8 Å². The van der Waals surface area contributed by atoms with Crippen LogP contribution in [0.3, 0.4) is 0 Å². The Balaban J connectivity index is 1.36. The Kier molecular flexibility index (Phi) is 5.43. The van der Waals surface area contributed by atoms with Crippen LogP contribution >= 0.6 is 11.6 Å². The van der Waals surface area contributed by atoms with Crippen molar-refractivity contribution >= 4 is 29.1 Å². The summed E-state index contributed by atoms with van der Waals surface area (Å²) in [6.07, 6.45) is 5.66. The van der Waals surface area contributed by atoms with E-state index in [0.29, 0.717) is 12.2 Å². The predicted molar refractivity (Wildman–Crippen MR) is 128 cm³/mol. The number of carbonyl (C=O) groups is 2. The number of fused-ring (bicyclic) bond motifs is 1. The summed E-state index contributed by atoms with van der Waals surface area (Å²) in [7, 11) is 0. The molecule has 1 aromatic carbocycles. The normalized spacial score (nSPS) is 21.3. The van der Waals surface area contributed by atoms with E-state index in [1.165, 1.54) is 52.6 Å². The molecule has 6 rings (SSSR count). The Hall–Kier alpha value is -4.52. The lowest BCUT2D eigenvalue weighted by molar-refractivity contribution is -0.129. The number of halogens is 3. The number of hydrogen-bond acceptors (Lipinski definition) is 7. The minimum atomic E-state index is -1.51. The number of hydrogen-bond donors (Lipinski definition) is 2. The topological polar surface area (TPSA) is 143 Å². The van der Waals surface area contributed by atoms with E-state index in [4.69, 9.17) is 18.1 Å². The van der Waals surface area contributed by atoms with Gasteiger partial charge in [0.1, 0.15) is 12.2 Å². The van der Waals surface area contributed by atoms with E-state index >= 15 is 4.39 Å². The van der Waals surface area contributed by atoms with E-state index in [9.17, 15) is 14.0 Å². The fourth-order valence-electron chi connectivity index (χ4n) is 4.92. The number of benzene rings is 1. The molecule has 192 valence electrons. The number of rotatable bonds is 5. The molecular formula is C24H17ClF2N8O3. The Morgan fingerprint density at radius 2 is 2.05 bits per heavy atom. The molecule has 1 fully saturated rings.